The summed E-state index contributed by atoms with van der Waals surface area (Å²) in [5.74, 6) is 0. The average Bonchev–Trinajstić information content (AvgIpc) is 2.71. The standard InChI is InChI=1S/C13H18N2O2/c1-16-8-9-17-7-6-15-5-4-11-10-12(14)2-3-13(11)15/h2-5,10H,6-9,14H2,1H3. The third kappa shape index (κ3) is 2.99. The molecule has 0 aliphatic carbocycles. The van der Waals surface area contributed by atoms with E-state index in [1.807, 2.05) is 18.2 Å². The fraction of sp³-hybridized carbons (Fsp3) is 0.385. The van der Waals surface area contributed by atoms with Gasteiger partial charge >= 0.3 is 0 Å². The SMILES string of the molecule is COCCOCCn1ccc2cc(N)ccc21. The summed E-state index contributed by atoms with van der Waals surface area (Å²) >= 11 is 0. The second kappa shape index (κ2) is 5.70. The first-order chi connectivity index (χ1) is 8.31. The molecule has 0 fully saturated rings. The number of benzene rings is 1. The molecule has 0 atom stereocenters. The first-order valence-corrected chi connectivity index (χ1v) is 5.72. The molecule has 0 saturated carbocycles. The monoisotopic (exact) mass is 234 g/mol. The Kier molecular flexibility index (Phi) is 4.01. The Bertz CT molecular complexity index is 479. The van der Waals surface area contributed by atoms with E-state index in [0.717, 1.165) is 12.2 Å². The molecule has 4 nitrogen and oxygen atoms in total. The van der Waals surface area contributed by atoms with Gasteiger partial charge in [-0.15, -0.1) is 0 Å². The minimum absolute atomic E-state index is 0.642. The Morgan fingerprint density at radius 2 is 2.06 bits per heavy atom. The van der Waals surface area contributed by atoms with Crippen molar-refractivity contribution >= 4 is 16.6 Å². The van der Waals surface area contributed by atoms with E-state index in [4.69, 9.17) is 15.2 Å². The highest BCUT2D eigenvalue weighted by molar-refractivity contribution is 5.83. The van der Waals surface area contributed by atoms with Gasteiger partial charge in [0.25, 0.3) is 0 Å². The Morgan fingerprint density at radius 1 is 1.18 bits per heavy atom. The average molecular weight is 234 g/mol. The summed E-state index contributed by atoms with van der Waals surface area (Å²) in [6.45, 7) is 2.82. The first kappa shape index (κ1) is 12.0. The number of methoxy groups -OCH3 is 1. The minimum atomic E-state index is 0.642. The molecule has 0 saturated heterocycles. The van der Waals surface area contributed by atoms with Crippen molar-refractivity contribution in [2.45, 2.75) is 6.54 Å². The van der Waals surface area contributed by atoms with Crippen LogP contribution in [0.1, 0.15) is 0 Å². The Labute approximate surface area is 101 Å². The molecule has 0 aliphatic rings. The maximum absolute atomic E-state index is 5.74. The molecule has 17 heavy (non-hydrogen) atoms. The molecule has 2 aromatic rings. The van der Waals surface area contributed by atoms with Crippen molar-refractivity contribution in [3.63, 3.8) is 0 Å². The van der Waals surface area contributed by atoms with Crippen LogP contribution in [0.2, 0.25) is 0 Å². The zero-order valence-corrected chi connectivity index (χ0v) is 10.1. The molecule has 1 heterocycles. The van der Waals surface area contributed by atoms with Crippen LogP contribution >= 0.6 is 0 Å². The largest absolute Gasteiger partial charge is 0.399 e. The van der Waals surface area contributed by atoms with Gasteiger partial charge in [0, 0.05) is 36.4 Å². The van der Waals surface area contributed by atoms with Crippen LogP contribution in [0.4, 0.5) is 5.69 Å². The minimum Gasteiger partial charge on any atom is -0.399 e. The number of nitrogens with zero attached hydrogens (tertiary/aromatic N) is 1. The van der Waals surface area contributed by atoms with E-state index >= 15 is 0 Å². The van der Waals surface area contributed by atoms with Gasteiger partial charge in [-0.1, -0.05) is 0 Å². The lowest BCUT2D eigenvalue weighted by Gasteiger charge is -2.06. The zero-order valence-electron chi connectivity index (χ0n) is 10.1. The Balaban J connectivity index is 1.95. The summed E-state index contributed by atoms with van der Waals surface area (Å²) in [4.78, 5) is 0. The molecule has 0 radical (unpaired) electrons. The predicted molar refractivity (Wildman–Crippen MR) is 69.0 cm³/mol. The van der Waals surface area contributed by atoms with Crippen LogP contribution in [0, 0.1) is 0 Å². The van der Waals surface area contributed by atoms with Crippen molar-refractivity contribution in [1.29, 1.82) is 0 Å². The third-order valence-corrected chi connectivity index (χ3v) is 2.70. The highest BCUT2D eigenvalue weighted by Gasteiger charge is 2.00. The summed E-state index contributed by atoms with van der Waals surface area (Å²) < 4.78 is 12.5. The van der Waals surface area contributed by atoms with Crippen LogP contribution in [0.15, 0.2) is 30.5 Å². The van der Waals surface area contributed by atoms with Gasteiger partial charge in [-0.05, 0) is 24.3 Å². The lowest BCUT2D eigenvalue weighted by atomic mass is 10.2. The molecule has 0 bridgehead atoms. The van der Waals surface area contributed by atoms with Gasteiger partial charge in [0.15, 0.2) is 0 Å². The highest BCUT2D eigenvalue weighted by atomic mass is 16.5. The van der Waals surface area contributed by atoms with Gasteiger partial charge in [-0.3, -0.25) is 0 Å². The number of hydrogen-bond donors (Lipinski definition) is 1. The number of ether oxygens (including phenoxy) is 2. The molecule has 0 unspecified atom stereocenters. The molecule has 4 heteroatoms. The van der Waals surface area contributed by atoms with E-state index in [9.17, 15) is 0 Å². The summed E-state index contributed by atoms with van der Waals surface area (Å²) in [6, 6.07) is 8.02. The van der Waals surface area contributed by atoms with Crippen LogP contribution in [0.25, 0.3) is 10.9 Å². The summed E-state index contributed by atoms with van der Waals surface area (Å²) in [5.41, 5.74) is 7.73. The molecule has 2 rings (SSSR count). The number of nitrogens with two attached hydrogens (primary N) is 1. The van der Waals surface area contributed by atoms with E-state index in [1.165, 1.54) is 10.9 Å². The second-order valence-corrected chi connectivity index (χ2v) is 3.93. The molecule has 92 valence electrons. The molecule has 1 aromatic heterocycles. The lowest BCUT2D eigenvalue weighted by molar-refractivity contribution is 0.0670. The molecule has 0 aliphatic heterocycles. The van der Waals surface area contributed by atoms with Gasteiger partial charge in [-0.2, -0.15) is 0 Å². The normalized spacial score (nSPS) is 11.1. The van der Waals surface area contributed by atoms with Crippen molar-refractivity contribution in [1.82, 2.24) is 4.57 Å². The number of hydrogen-bond acceptors (Lipinski definition) is 3. The van der Waals surface area contributed by atoms with Crippen LogP contribution in [0.5, 0.6) is 0 Å². The van der Waals surface area contributed by atoms with Crippen LogP contribution < -0.4 is 5.73 Å². The Hall–Kier alpha value is -1.52. The first-order valence-electron chi connectivity index (χ1n) is 5.72. The van der Waals surface area contributed by atoms with Gasteiger partial charge in [0.1, 0.15) is 0 Å². The van der Waals surface area contributed by atoms with Crippen molar-refractivity contribution in [2.24, 2.45) is 0 Å². The Morgan fingerprint density at radius 3 is 2.88 bits per heavy atom. The number of aromatic nitrogens is 1. The van der Waals surface area contributed by atoms with E-state index in [2.05, 4.69) is 16.8 Å². The maximum Gasteiger partial charge on any atom is 0.0701 e. The van der Waals surface area contributed by atoms with Gasteiger partial charge in [0.2, 0.25) is 0 Å². The van der Waals surface area contributed by atoms with Gasteiger partial charge in [-0.25, -0.2) is 0 Å². The van der Waals surface area contributed by atoms with E-state index < -0.39 is 0 Å². The van der Waals surface area contributed by atoms with E-state index in [1.54, 1.807) is 7.11 Å². The number of rotatable bonds is 6. The fourth-order valence-electron chi connectivity index (χ4n) is 1.82. The van der Waals surface area contributed by atoms with Crippen LogP contribution in [0.3, 0.4) is 0 Å². The molecular formula is C13H18N2O2. The van der Waals surface area contributed by atoms with Crippen molar-refractivity contribution in [3.8, 4) is 0 Å². The third-order valence-electron chi connectivity index (χ3n) is 2.70. The molecule has 0 amide bonds. The summed E-state index contributed by atoms with van der Waals surface area (Å²) in [7, 11) is 1.67. The topological polar surface area (TPSA) is 49.4 Å². The molecule has 0 spiro atoms. The molecule has 1 aromatic carbocycles. The summed E-state index contributed by atoms with van der Waals surface area (Å²) in [6.07, 6.45) is 2.06. The second-order valence-electron chi connectivity index (χ2n) is 3.93. The number of anilines is 1. The quantitative estimate of drug-likeness (QED) is 0.613. The predicted octanol–water partition coefficient (Wildman–Crippen LogP) is 1.89. The van der Waals surface area contributed by atoms with E-state index in [0.29, 0.717) is 19.8 Å². The summed E-state index contributed by atoms with van der Waals surface area (Å²) in [5, 5.41) is 1.17. The smallest absolute Gasteiger partial charge is 0.0701 e. The highest BCUT2D eigenvalue weighted by Crippen LogP contribution is 2.18. The maximum atomic E-state index is 5.74. The van der Waals surface area contributed by atoms with Crippen molar-refractivity contribution < 1.29 is 9.47 Å². The van der Waals surface area contributed by atoms with E-state index in [-0.39, 0.29) is 0 Å². The lowest BCUT2D eigenvalue weighted by Crippen LogP contribution is -2.08. The fourth-order valence-corrected chi connectivity index (χ4v) is 1.82. The zero-order chi connectivity index (χ0) is 12.1. The van der Waals surface area contributed by atoms with Crippen LogP contribution in [-0.4, -0.2) is 31.5 Å². The van der Waals surface area contributed by atoms with Gasteiger partial charge < -0.3 is 19.8 Å². The van der Waals surface area contributed by atoms with Crippen LogP contribution in [-0.2, 0) is 16.0 Å². The number of fused-ring (bicyclic) bond motifs is 1. The molecule has 2 N–H and O–H groups in total. The molecular weight excluding hydrogens is 216 g/mol. The van der Waals surface area contributed by atoms with Crippen molar-refractivity contribution in [2.75, 3.05) is 32.7 Å². The van der Waals surface area contributed by atoms with Crippen molar-refractivity contribution in [3.05, 3.63) is 30.5 Å². The number of nitrogen functional groups attached to an aromatic ring is 1. The van der Waals surface area contributed by atoms with Gasteiger partial charge in [0.05, 0.1) is 19.8 Å².